The molecule has 2 rings (SSSR count). The first-order valence-corrected chi connectivity index (χ1v) is 9.47. The minimum absolute atomic E-state index is 0.137. The fourth-order valence-electron chi connectivity index (χ4n) is 2.37. The molecule has 0 saturated carbocycles. The van der Waals surface area contributed by atoms with Crippen molar-refractivity contribution >= 4 is 23.2 Å². The molecule has 1 aromatic carbocycles. The van der Waals surface area contributed by atoms with Crippen LogP contribution < -0.4 is 10.9 Å². The third-order valence-corrected chi connectivity index (χ3v) is 4.83. The third-order valence-electron chi connectivity index (χ3n) is 3.87. The summed E-state index contributed by atoms with van der Waals surface area (Å²) < 4.78 is 0. The molecular formula is C19H23N5O2S. The first kappa shape index (κ1) is 20.6. The maximum absolute atomic E-state index is 12.2. The predicted octanol–water partition coefficient (Wildman–Crippen LogP) is 1.92. The van der Waals surface area contributed by atoms with Crippen molar-refractivity contribution in [3.05, 3.63) is 51.5 Å². The standard InChI is InChI=1S/C19H23N5O2S/c1-13(2)24(10-16-6-4-15(9-20)5-7-16)11-18(26)23-22-17(25)8-19-21-14(3)12-27-19/h4-7,12-13H,8,10-11H2,1-3H3,(H,22,25)(H,23,26). The highest BCUT2D eigenvalue weighted by molar-refractivity contribution is 7.09. The highest BCUT2D eigenvalue weighted by Crippen LogP contribution is 2.10. The van der Waals surface area contributed by atoms with Gasteiger partial charge in [0.25, 0.3) is 5.91 Å². The summed E-state index contributed by atoms with van der Waals surface area (Å²) in [5.41, 5.74) is 7.37. The molecule has 142 valence electrons. The van der Waals surface area contributed by atoms with E-state index in [9.17, 15) is 9.59 Å². The SMILES string of the molecule is Cc1csc(CC(=O)NNC(=O)CN(Cc2ccc(C#N)cc2)C(C)C)n1. The molecule has 0 atom stereocenters. The molecule has 2 amide bonds. The number of aromatic nitrogens is 1. The third kappa shape index (κ3) is 6.81. The molecule has 2 N–H and O–H groups in total. The van der Waals surface area contributed by atoms with Gasteiger partial charge in [0.05, 0.1) is 24.6 Å². The Morgan fingerprint density at radius 3 is 2.44 bits per heavy atom. The van der Waals surface area contributed by atoms with Gasteiger partial charge in [-0.15, -0.1) is 11.3 Å². The predicted molar refractivity (Wildman–Crippen MR) is 104 cm³/mol. The molecule has 27 heavy (non-hydrogen) atoms. The van der Waals surface area contributed by atoms with E-state index >= 15 is 0 Å². The van der Waals surface area contributed by atoms with E-state index in [4.69, 9.17) is 5.26 Å². The summed E-state index contributed by atoms with van der Waals surface area (Å²) in [5.74, 6) is -0.595. The van der Waals surface area contributed by atoms with Crippen molar-refractivity contribution in [2.45, 2.75) is 39.8 Å². The molecule has 0 aliphatic rings. The number of hydrogen-bond acceptors (Lipinski definition) is 6. The van der Waals surface area contributed by atoms with E-state index in [1.165, 1.54) is 11.3 Å². The van der Waals surface area contributed by atoms with Crippen LogP contribution >= 0.6 is 11.3 Å². The lowest BCUT2D eigenvalue weighted by atomic mass is 10.1. The lowest BCUT2D eigenvalue weighted by molar-refractivity contribution is -0.129. The van der Waals surface area contributed by atoms with Crippen LogP contribution in [-0.4, -0.2) is 34.3 Å². The number of carbonyl (C=O) groups excluding carboxylic acids is 2. The van der Waals surface area contributed by atoms with Gasteiger partial charge in [-0.1, -0.05) is 12.1 Å². The fourth-order valence-corrected chi connectivity index (χ4v) is 3.14. The van der Waals surface area contributed by atoms with Gasteiger partial charge in [-0.3, -0.25) is 25.3 Å². The Balaban J connectivity index is 1.83. The largest absolute Gasteiger partial charge is 0.288 e. The summed E-state index contributed by atoms with van der Waals surface area (Å²) in [6, 6.07) is 9.50. The number of benzene rings is 1. The van der Waals surface area contributed by atoms with Crippen LogP contribution in [0.5, 0.6) is 0 Å². The Bertz CT molecular complexity index is 823. The maximum Gasteiger partial charge on any atom is 0.252 e. The zero-order valence-corrected chi connectivity index (χ0v) is 16.5. The number of hydrogen-bond donors (Lipinski definition) is 2. The van der Waals surface area contributed by atoms with Crippen molar-refractivity contribution in [3.63, 3.8) is 0 Å². The lowest BCUT2D eigenvalue weighted by Crippen LogP contribution is -2.48. The molecule has 0 saturated heterocycles. The number of rotatable bonds is 7. The van der Waals surface area contributed by atoms with Crippen LogP contribution in [-0.2, 0) is 22.6 Å². The van der Waals surface area contributed by atoms with E-state index in [2.05, 4.69) is 21.9 Å². The number of hydrazine groups is 1. The number of carbonyl (C=O) groups is 2. The topological polar surface area (TPSA) is 98.1 Å². The van der Waals surface area contributed by atoms with Crippen molar-refractivity contribution in [2.75, 3.05) is 6.54 Å². The second kappa shape index (κ2) is 9.80. The van der Waals surface area contributed by atoms with Gasteiger partial charge in [0.2, 0.25) is 5.91 Å². The summed E-state index contributed by atoms with van der Waals surface area (Å²) in [4.78, 5) is 30.3. The Labute approximate surface area is 163 Å². The maximum atomic E-state index is 12.2. The van der Waals surface area contributed by atoms with Crippen molar-refractivity contribution in [1.29, 1.82) is 5.26 Å². The minimum atomic E-state index is -0.305. The molecule has 0 aliphatic heterocycles. The van der Waals surface area contributed by atoms with Crippen LogP contribution in [0.2, 0.25) is 0 Å². The zero-order chi connectivity index (χ0) is 19.8. The van der Waals surface area contributed by atoms with Crippen LogP contribution in [0.1, 0.15) is 35.7 Å². The van der Waals surface area contributed by atoms with Crippen LogP contribution in [0.15, 0.2) is 29.6 Å². The number of thiazole rings is 1. The molecule has 8 heteroatoms. The van der Waals surface area contributed by atoms with Crippen molar-refractivity contribution in [1.82, 2.24) is 20.7 Å². The van der Waals surface area contributed by atoms with E-state index in [1.807, 2.05) is 43.2 Å². The van der Waals surface area contributed by atoms with Gasteiger partial charge in [-0.05, 0) is 38.5 Å². The van der Waals surface area contributed by atoms with Crippen LogP contribution in [0.3, 0.4) is 0 Å². The summed E-state index contributed by atoms with van der Waals surface area (Å²) in [7, 11) is 0. The number of nitrogens with zero attached hydrogens (tertiary/aromatic N) is 3. The average molecular weight is 385 g/mol. The highest BCUT2D eigenvalue weighted by atomic mass is 32.1. The van der Waals surface area contributed by atoms with E-state index in [1.54, 1.807) is 12.1 Å². The first-order valence-electron chi connectivity index (χ1n) is 8.59. The van der Waals surface area contributed by atoms with Crippen molar-refractivity contribution < 1.29 is 9.59 Å². The minimum Gasteiger partial charge on any atom is -0.288 e. The first-order chi connectivity index (χ1) is 12.9. The van der Waals surface area contributed by atoms with Gasteiger partial charge in [0.15, 0.2) is 0 Å². The summed E-state index contributed by atoms with van der Waals surface area (Å²) >= 11 is 1.42. The van der Waals surface area contributed by atoms with Crippen molar-refractivity contribution in [2.24, 2.45) is 0 Å². The number of nitrogens with one attached hydrogen (secondary N) is 2. The van der Waals surface area contributed by atoms with E-state index in [0.29, 0.717) is 17.1 Å². The van der Waals surface area contributed by atoms with Gasteiger partial charge in [0.1, 0.15) is 5.01 Å². The van der Waals surface area contributed by atoms with Gasteiger partial charge in [-0.25, -0.2) is 4.98 Å². The highest BCUT2D eigenvalue weighted by Gasteiger charge is 2.15. The molecule has 0 unspecified atom stereocenters. The quantitative estimate of drug-likeness (QED) is 0.710. The van der Waals surface area contributed by atoms with Gasteiger partial charge < -0.3 is 0 Å². The molecular weight excluding hydrogens is 362 g/mol. The Morgan fingerprint density at radius 1 is 1.22 bits per heavy atom. The monoisotopic (exact) mass is 385 g/mol. The lowest BCUT2D eigenvalue weighted by Gasteiger charge is -2.26. The Kier molecular flexibility index (Phi) is 7.46. The molecule has 0 radical (unpaired) electrons. The number of nitriles is 1. The average Bonchev–Trinajstić information content (AvgIpc) is 3.04. The molecule has 1 heterocycles. The summed E-state index contributed by atoms with van der Waals surface area (Å²) in [5, 5.41) is 11.5. The van der Waals surface area contributed by atoms with Crippen LogP contribution in [0.4, 0.5) is 0 Å². The fraction of sp³-hybridized carbons (Fsp3) is 0.368. The normalized spacial score (nSPS) is 10.7. The molecule has 0 spiro atoms. The number of aryl methyl sites for hydroxylation is 1. The zero-order valence-electron chi connectivity index (χ0n) is 15.7. The molecule has 7 nitrogen and oxygen atoms in total. The smallest absolute Gasteiger partial charge is 0.252 e. The molecule has 0 bridgehead atoms. The Hall–Kier alpha value is -2.76. The van der Waals surface area contributed by atoms with Gasteiger partial charge in [0, 0.05) is 23.7 Å². The Morgan fingerprint density at radius 2 is 1.89 bits per heavy atom. The molecule has 0 fully saturated rings. The molecule has 0 aliphatic carbocycles. The second-order valence-corrected chi connectivity index (χ2v) is 7.41. The van der Waals surface area contributed by atoms with Gasteiger partial charge >= 0.3 is 0 Å². The molecule has 2 aromatic rings. The molecule has 1 aromatic heterocycles. The van der Waals surface area contributed by atoms with Crippen LogP contribution in [0, 0.1) is 18.3 Å². The summed E-state index contributed by atoms with van der Waals surface area (Å²) in [6.07, 6.45) is 0.137. The summed E-state index contributed by atoms with van der Waals surface area (Å²) in [6.45, 7) is 6.59. The second-order valence-electron chi connectivity index (χ2n) is 6.46. The van der Waals surface area contributed by atoms with Crippen LogP contribution in [0.25, 0.3) is 0 Å². The van der Waals surface area contributed by atoms with E-state index in [0.717, 1.165) is 11.3 Å². The van der Waals surface area contributed by atoms with E-state index in [-0.39, 0.29) is 30.8 Å². The van der Waals surface area contributed by atoms with Crippen molar-refractivity contribution in [3.8, 4) is 6.07 Å². The number of amides is 2. The van der Waals surface area contributed by atoms with E-state index < -0.39 is 0 Å². The van der Waals surface area contributed by atoms with Gasteiger partial charge in [-0.2, -0.15) is 5.26 Å².